The van der Waals surface area contributed by atoms with Gasteiger partial charge in [-0.2, -0.15) is 0 Å². The summed E-state index contributed by atoms with van der Waals surface area (Å²) in [5, 5.41) is 18.8. The number of benzene rings is 3. The first-order valence-electron chi connectivity index (χ1n) is 8.48. The topological polar surface area (TPSA) is 72.4 Å². The zero-order valence-electron chi connectivity index (χ0n) is 14.1. The molecule has 5 rings (SSSR count). The lowest BCUT2D eigenvalue weighted by Crippen LogP contribution is -2.21. The molecule has 0 saturated carbocycles. The Balaban J connectivity index is 1.96. The van der Waals surface area contributed by atoms with Crippen LogP contribution in [0.3, 0.4) is 0 Å². The van der Waals surface area contributed by atoms with Crippen LogP contribution in [0.1, 0.15) is 0 Å². The molecule has 0 aliphatic heterocycles. The number of hydrogen-bond donors (Lipinski definition) is 1. The lowest BCUT2D eigenvalue weighted by molar-refractivity contribution is 0.475. The van der Waals surface area contributed by atoms with Gasteiger partial charge in [-0.1, -0.05) is 30.3 Å². The number of aromatic nitrogens is 4. The first kappa shape index (κ1) is 15.3. The predicted octanol–water partition coefficient (Wildman–Crippen LogP) is 3.41. The number of phenolic OH excluding ortho intramolecular Hbond substituents is 1. The van der Waals surface area contributed by atoms with Crippen molar-refractivity contribution in [1.29, 1.82) is 0 Å². The standard InChI is InChI=1S/C21H14N4O2/c26-16-12-10-14(11-13-16)19-22-23-21-24(15-6-2-1-3-7-15)20(27)17-8-4-5-9-18(17)25(19)21/h1-13,26H. The number of hydrogen-bond acceptors (Lipinski definition) is 4. The Morgan fingerprint density at radius 2 is 1.48 bits per heavy atom. The summed E-state index contributed by atoms with van der Waals surface area (Å²) in [6, 6.07) is 23.6. The molecule has 27 heavy (non-hydrogen) atoms. The molecular formula is C21H14N4O2. The second-order valence-corrected chi connectivity index (χ2v) is 6.20. The molecule has 2 aromatic heterocycles. The van der Waals surface area contributed by atoms with Gasteiger partial charge < -0.3 is 5.11 Å². The van der Waals surface area contributed by atoms with Crippen molar-refractivity contribution < 1.29 is 5.11 Å². The molecule has 0 bridgehead atoms. The molecule has 5 aromatic rings. The van der Waals surface area contributed by atoms with Gasteiger partial charge >= 0.3 is 0 Å². The molecule has 0 unspecified atom stereocenters. The van der Waals surface area contributed by atoms with E-state index in [1.807, 2.05) is 52.9 Å². The van der Waals surface area contributed by atoms with Crippen LogP contribution in [0.25, 0.3) is 33.8 Å². The van der Waals surface area contributed by atoms with E-state index in [0.717, 1.165) is 16.8 Å². The van der Waals surface area contributed by atoms with Gasteiger partial charge in [0.05, 0.1) is 16.6 Å². The van der Waals surface area contributed by atoms with Gasteiger partial charge in [0.15, 0.2) is 5.82 Å². The highest BCUT2D eigenvalue weighted by Crippen LogP contribution is 2.25. The summed E-state index contributed by atoms with van der Waals surface area (Å²) in [4.78, 5) is 13.2. The summed E-state index contributed by atoms with van der Waals surface area (Å²) in [7, 11) is 0. The van der Waals surface area contributed by atoms with Gasteiger partial charge in [0.2, 0.25) is 5.78 Å². The molecule has 3 aromatic carbocycles. The van der Waals surface area contributed by atoms with Crippen LogP contribution < -0.4 is 5.56 Å². The predicted molar refractivity (Wildman–Crippen MR) is 103 cm³/mol. The fraction of sp³-hybridized carbons (Fsp3) is 0. The van der Waals surface area contributed by atoms with E-state index < -0.39 is 0 Å². The first-order valence-corrected chi connectivity index (χ1v) is 8.48. The Bertz CT molecular complexity index is 1340. The molecule has 6 nitrogen and oxygen atoms in total. The minimum absolute atomic E-state index is 0.144. The van der Waals surface area contributed by atoms with Gasteiger partial charge in [-0.05, 0) is 48.5 Å². The van der Waals surface area contributed by atoms with Crippen LogP contribution in [0, 0.1) is 0 Å². The Kier molecular flexibility index (Phi) is 3.30. The molecule has 0 aliphatic carbocycles. The van der Waals surface area contributed by atoms with E-state index in [4.69, 9.17) is 0 Å². The van der Waals surface area contributed by atoms with E-state index in [2.05, 4.69) is 10.2 Å². The summed E-state index contributed by atoms with van der Waals surface area (Å²) in [6.07, 6.45) is 0. The minimum Gasteiger partial charge on any atom is -0.508 e. The SMILES string of the molecule is O=c1c2ccccc2n2c(-c3ccc(O)cc3)nnc2n1-c1ccccc1. The van der Waals surface area contributed by atoms with Crippen molar-refractivity contribution in [2.24, 2.45) is 0 Å². The van der Waals surface area contributed by atoms with Crippen LogP contribution in [-0.4, -0.2) is 24.3 Å². The van der Waals surface area contributed by atoms with E-state index in [-0.39, 0.29) is 11.3 Å². The number of para-hydroxylation sites is 2. The van der Waals surface area contributed by atoms with E-state index >= 15 is 0 Å². The average Bonchev–Trinajstić information content (AvgIpc) is 3.14. The van der Waals surface area contributed by atoms with E-state index in [0.29, 0.717) is 17.0 Å². The minimum atomic E-state index is -0.144. The molecule has 2 heterocycles. The smallest absolute Gasteiger partial charge is 0.267 e. The molecule has 0 spiro atoms. The van der Waals surface area contributed by atoms with Crippen LogP contribution in [0.4, 0.5) is 0 Å². The third-order valence-corrected chi connectivity index (χ3v) is 4.56. The summed E-state index contributed by atoms with van der Waals surface area (Å²) in [5.74, 6) is 1.22. The van der Waals surface area contributed by atoms with Gasteiger partial charge in [-0.15, -0.1) is 10.2 Å². The van der Waals surface area contributed by atoms with Crippen molar-refractivity contribution in [1.82, 2.24) is 19.2 Å². The first-order chi connectivity index (χ1) is 13.2. The third kappa shape index (κ3) is 2.31. The monoisotopic (exact) mass is 354 g/mol. The van der Waals surface area contributed by atoms with Crippen molar-refractivity contribution in [3.05, 3.63) is 89.2 Å². The van der Waals surface area contributed by atoms with Crippen LogP contribution in [0.2, 0.25) is 0 Å². The van der Waals surface area contributed by atoms with Crippen LogP contribution in [0.5, 0.6) is 5.75 Å². The molecule has 0 amide bonds. The Hall–Kier alpha value is -3.93. The largest absolute Gasteiger partial charge is 0.508 e. The molecule has 1 N–H and O–H groups in total. The summed E-state index contributed by atoms with van der Waals surface area (Å²) < 4.78 is 3.44. The van der Waals surface area contributed by atoms with Crippen molar-refractivity contribution in [2.45, 2.75) is 0 Å². The molecule has 0 radical (unpaired) electrons. The number of rotatable bonds is 2. The molecule has 0 aliphatic rings. The fourth-order valence-corrected chi connectivity index (χ4v) is 3.31. The van der Waals surface area contributed by atoms with Crippen molar-refractivity contribution in [3.8, 4) is 22.8 Å². The zero-order chi connectivity index (χ0) is 18.4. The average molecular weight is 354 g/mol. The highest BCUT2D eigenvalue weighted by molar-refractivity contribution is 5.83. The summed E-state index contributed by atoms with van der Waals surface area (Å²) >= 11 is 0. The van der Waals surface area contributed by atoms with Crippen LogP contribution >= 0.6 is 0 Å². The van der Waals surface area contributed by atoms with Gasteiger partial charge in [0, 0.05) is 5.56 Å². The van der Waals surface area contributed by atoms with Gasteiger partial charge in [0.1, 0.15) is 5.75 Å². The molecular weight excluding hydrogens is 340 g/mol. The normalized spacial score (nSPS) is 11.3. The van der Waals surface area contributed by atoms with Crippen molar-refractivity contribution >= 4 is 16.7 Å². The van der Waals surface area contributed by atoms with Crippen LogP contribution in [-0.2, 0) is 0 Å². The maximum atomic E-state index is 13.2. The fourth-order valence-electron chi connectivity index (χ4n) is 3.31. The molecule has 0 saturated heterocycles. The van der Waals surface area contributed by atoms with E-state index in [1.165, 1.54) is 0 Å². The van der Waals surface area contributed by atoms with Gasteiger partial charge in [-0.25, -0.2) is 4.57 Å². The maximum absolute atomic E-state index is 13.2. The summed E-state index contributed by atoms with van der Waals surface area (Å²) in [5.41, 5.74) is 2.11. The second-order valence-electron chi connectivity index (χ2n) is 6.20. The van der Waals surface area contributed by atoms with E-state index in [9.17, 15) is 9.90 Å². The van der Waals surface area contributed by atoms with Crippen LogP contribution in [0.15, 0.2) is 83.7 Å². The quantitative estimate of drug-likeness (QED) is 0.527. The van der Waals surface area contributed by atoms with Crippen molar-refractivity contribution in [2.75, 3.05) is 0 Å². The molecule has 130 valence electrons. The number of fused-ring (bicyclic) bond motifs is 3. The number of aromatic hydroxyl groups is 1. The third-order valence-electron chi connectivity index (χ3n) is 4.56. The highest BCUT2D eigenvalue weighted by Gasteiger charge is 2.18. The highest BCUT2D eigenvalue weighted by atomic mass is 16.3. The van der Waals surface area contributed by atoms with E-state index in [1.54, 1.807) is 34.9 Å². The molecule has 6 heteroatoms. The Morgan fingerprint density at radius 1 is 0.778 bits per heavy atom. The summed E-state index contributed by atoms with van der Waals surface area (Å²) in [6.45, 7) is 0. The van der Waals surface area contributed by atoms with Gasteiger partial charge in [-0.3, -0.25) is 9.20 Å². The number of nitrogens with zero attached hydrogens (tertiary/aromatic N) is 4. The second kappa shape index (κ2) is 5.81. The molecule has 0 fully saturated rings. The Labute approximate surface area is 153 Å². The Morgan fingerprint density at radius 3 is 2.26 bits per heavy atom. The van der Waals surface area contributed by atoms with Crippen molar-refractivity contribution in [3.63, 3.8) is 0 Å². The zero-order valence-corrected chi connectivity index (χ0v) is 14.1. The maximum Gasteiger partial charge on any atom is 0.267 e. The molecule has 0 atom stereocenters. The number of phenols is 1. The van der Waals surface area contributed by atoms with Gasteiger partial charge in [0.25, 0.3) is 5.56 Å². The lowest BCUT2D eigenvalue weighted by atomic mass is 10.2. The lowest BCUT2D eigenvalue weighted by Gasteiger charge is -2.11.